The minimum absolute atomic E-state index is 0.0684. The first-order valence-electron chi connectivity index (χ1n) is 5.32. The number of esters is 1. The number of carbonyl (C=O) groups excluding carboxylic acids is 1. The Hall–Kier alpha value is -2.31. The van der Waals surface area contributed by atoms with Gasteiger partial charge in [-0.3, -0.25) is 4.68 Å². The van der Waals surface area contributed by atoms with Crippen LogP contribution in [-0.4, -0.2) is 32.3 Å². The number of halogens is 1. The number of ether oxygens (including phenoxy) is 1. The molecular formula is C11H11FN4O2. The zero-order valence-electron chi connectivity index (χ0n) is 9.92. The predicted octanol–water partition coefficient (Wildman–Crippen LogP) is 1.19. The standard InChI is InChI=1S/C11H11FN4O2/c1-3-18-11(17)9-7(12)8(15-16(9)2)10-13-5-4-6-14-10/h4-6H,3H2,1-2H3. The highest BCUT2D eigenvalue weighted by atomic mass is 19.1. The Morgan fingerprint density at radius 1 is 1.44 bits per heavy atom. The van der Waals surface area contributed by atoms with Gasteiger partial charge in [0, 0.05) is 19.4 Å². The lowest BCUT2D eigenvalue weighted by molar-refractivity contribution is 0.0508. The number of aromatic nitrogens is 4. The van der Waals surface area contributed by atoms with E-state index in [0.29, 0.717) is 0 Å². The van der Waals surface area contributed by atoms with Gasteiger partial charge in [0.25, 0.3) is 0 Å². The van der Waals surface area contributed by atoms with Crippen molar-refractivity contribution in [3.8, 4) is 11.5 Å². The van der Waals surface area contributed by atoms with Gasteiger partial charge in [0.2, 0.25) is 0 Å². The number of aryl methyl sites for hydroxylation is 1. The van der Waals surface area contributed by atoms with Crippen molar-refractivity contribution in [3.05, 3.63) is 30.0 Å². The summed E-state index contributed by atoms with van der Waals surface area (Å²) in [6.07, 6.45) is 2.95. The van der Waals surface area contributed by atoms with Crippen molar-refractivity contribution in [1.29, 1.82) is 0 Å². The second-order valence-electron chi connectivity index (χ2n) is 3.43. The minimum Gasteiger partial charge on any atom is -0.461 e. The molecule has 0 aliphatic heterocycles. The zero-order chi connectivity index (χ0) is 13.1. The Balaban J connectivity index is 2.47. The molecule has 2 aromatic rings. The predicted molar refractivity (Wildman–Crippen MR) is 60.1 cm³/mol. The lowest BCUT2D eigenvalue weighted by Crippen LogP contribution is -2.12. The van der Waals surface area contributed by atoms with Crippen molar-refractivity contribution < 1.29 is 13.9 Å². The highest BCUT2D eigenvalue weighted by Gasteiger charge is 2.25. The molecule has 2 aromatic heterocycles. The van der Waals surface area contributed by atoms with E-state index in [4.69, 9.17) is 4.74 Å². The molecule has 0 saturated heterocycles. The summed E-state index contributed by atoms with van der Waals surface area (Å²) in [5.41, 5.74) is -0.305. The Morgan fingerprint density at radius 2 is 2.11 bits per heavy atom. The fraction of sp³-hybridized carbons (Fsp3) is 0.273. The highest BCUT2D eigenvalue weighted by Crippen LogP contribution is 2.20. The van der Waals surface area contributed by atoms with Crippen LogP contribution >= 0.6 is 0 Å². The zero-order valence-corrected chi connectivity index (χ0v) is 9.92. The largest absolute Gasteiger partial charge is 0.461 e. The van der Waals surface area contributed by atoms with E-state index in [1.807, 2.05) is 0 Å². The third kappa shape index (κ3) is 2.06. The molecule has 0 aromatic carbocycles. The van der Waals surface area contributed by atoms with E-state index >= 15 is 0 Å². The molecule has 2 heterocycles. The maximum Gasteiger partial charge on any atom is 0.359 e. The molecule has 0 N–H and O–H groups in total. The van der Waals surface area contributed by atoms with Gasteiger partial charge >= 0.3 is 5.97 Å². The van der Waals surface area contributed by atoms with Gasteiger partial charge in [0.05, 0.1) is 6.61 Å². The van der Waals surface area contributed by atoms with Crippen molar-refractivity contribution in [2.24, 2.45) is 7.05 Å². The first kappa shape index (κ1) is 12.2. The Morgan fingerprint density at radius 3 is 2.72 bits per heavy atom. The molecule has 6 nitrogen and oxygen atoms in total. The summed E-state index contributed by atoms with van der Waals surface area (Å²) in [7, 11) is 1.46. The molecule has 0 atom stereocenters. The van der Waals surface area contributed by atoms with Crippen LogP contribution in [0.5, 0.6) is 0 Å². The third-order valence-electron chi connectivity index (χ3n) is 2.24. The van der Waals surface area contributed by atoms with Gasteiger partial charge in [-0.25, -0.2) is 19.2 Å². The van der Waals surface area contributed by atoms with Crippen molar-refractivity contribution in [2.75, 3.05) is 6.61 Å². The molecule has 2 rings (SSSR count). The Bertz CT molecular complexity index is 568. The van der Waals surface area contributed by atoms with Gasteiger partial charge in [-0.1, -0.05) is 0 Å². The first-order valence-corrected chi connectivity index (χ1v) is 5.32. The van der Waals surface area contributed by atoms with Crippen molar-refractivity contribution in [2.45, 2.75) is 6.92 Å². The minimum atomic E-state index is -0.776. The van der Waals surface area contributed by atoms with Crippen LogP contribution in [0, 0.1) is 5.82 Å². The van der Waals surface area contributed by atoms with Crippen LogP contribution in [0.4, 0.5) is 4.39 Å². The second kappa shape index (κ2) is 4.91. The van der Waals surface area contributed by atoms with Crippen LogP contribution in [0.1, 0.15) is 17.4 Å². The normalized spacial score (nSPS) is 10.4. The smallest absolute Gasteiger partial charge is 0.359 e. The molecule has 0 bridgehead atoms. The van der Waals surface area contributed by atoms with Crippen LogP contribution in [-0.2, 0) is 11.8 Å². The molecule has 0 unspecified atom stereocenters. The van der Waals surface area contributed by atoms with E-state index in [9.17, 15) is 9.18 Å². The average Bonchev–Trinajstić information content (AvgIpc) is 2.66. The monoisotopic (exact) mass is 250 g/mol. The summed E-state index contributed by atoms with van der Waals surface area (Å²) in [6.45, 7) is 1.81. The number of nitrogens with zero attached hydrogens (tertiary/aromatic N) is 4. The van der Waals surface area contributed by atoms with E-state index in [1.165, 1.54) is 19.4 Å². The number of hydrogen-bond donors (Lipinski definition) is 0. The maximum atomic E-state index is 14.1. The Kier molecular flexibility index (Phi) is 3.31. The van der Waals surface area contributed by atoms with Gasteiger partial charge in [0.1, 0.15) is 0 Å². The summed E-state index contributed by atoms with van der Waals surface area (Å²) in [4.78, 5) is 19.3. The lowest BCUT2D eigenvalue weighted by Gasteiger charge is -2.00. The summed E-state index contributed by atoms with van der Waals surface area (Å²) < 4.78 is 20.0. The molecule has 0 aliphatic rings. The van der Waals surface area contributed by atoms with Crippen LogP contribution in [0.2, 0.25) is 0 Å². The SMILES string of the molecule is CCOC(=O)c1c(F)c(-c2ncccn2)nn1C. The first-order chi connectivity index (χ1) is 8.65. The fourth-order valence-electron chi connectivity index (χ4n) is 1.48. The van der Waals surface area contributed by atoms with Gasteiger partial charge in [0.15, 0.2) is 23.0 Å². The van der Waals surface area contributed by atoms with E-state index in [0.717, 1.165) is 4.68 Å². The Labute approximate surface area is 102 Å². The van der Waals surface area contributed by atoms with Crippen LogP contribution < -0.4 is 0 Å². The summed E-state index contributed by atoms with van der Waals surface area (Å²) in [5, 5.41) is 3.90. The van der Waals surface area contributed by atoms with Crippen molar-refractivity contribution in [1.82, 2.24) is 19.7 Å². The highest BCUT2D eigenvalue weighted by molar-refractivity contribution is 5.89. The van der Waals surface area contributed by atoms with Gasteiger partial charge in [-0.2, -0.15) is 5.10 Å². The molecule has 0 amide bonds. The summed E-state index contributed by atoms with van der Waals surface area (Å²) >= 11 is 0. The van der Waals surface area contributed by atoms with E-state index in [1.54, 1.807) is 13.0 Å². The lowest BCUT2D eigenvalue weighted by atomic mass is 10.3. The molecule has 0 aliphatic carbocycles. The van der Waals surface area contributed by atoms with Gasteiger partial charge in [-0.15, -0.1) is 0 Å². The topological polar surface area (TPSA) is 69.9 Å². The van der Waals surface area contributed by atoms with Crippen molar-refractivity contribution in [3.63, 3.8) is 0 Å². The van der Waals surface area contributed by atoms with Gasteiger partial charge < -0.3 is 4.74 Å². The molecule has 0 spiro atoms. The molecular weight excluding hydrogens is 239 g/mol. The fourth-order valence-corrected chi connectivity index (χ4v) is 1.48. The second-order valence-corrected chi connectivity index (χ2v) is 3.43. The van der Waals surface area contributed by atoms with Crippen molar-refractivity contribution >= 4 is 5.97 Å². The number of hydrogen-bond acceptors (Lipinski definition) is 5. The van der Waals surface area contributed by atoms with E-state index < -0.39 is 11.8 Å². The van der Waals surface area contributed by atoms with Crippen LogP contribution in [0.15, 0.2) is 18.5 Å². The molecule has 7 heteroatoms. The molecule has 0 radical (unpaired) electrons. The molecule has 0 saturated carbocycles. The molecule has 94 valence electrons. The summed E-state index contributed by atoms with van der Waals surface area (Å²) in [5.74, 6) is -1.41. The average molecular weight is 250 g/mol. The maximum absolute atomic E-state index is 14.1. The number of rotatable bonds is 3. The quantitative estimate of drug-likeness (QED) is 0.765. The third-order valence-corrected chi connectivity index (χ3v) is 2.24. The molecule has 0 fully saturated rings. The van der Waals surface area contributed by atoms with E-state index in [2.05, 4.69) is 15.1 Å². The number of carbonyl (C=O) groups is 1. The van der Waals surface area contributed by atoms with Crippen LogP contribution in [0.25, 0.3) is 11.5 Å². The summed E-state index contributed by atoms with van der Waals surface area (Å²) in [6, 6.07) is 1.61. The van der Waals surface area contributed by atoms with E-state index in [-0.39, 0.29) is 23.8 Å². The van der Waals surface area contributed by atoms with Crippen LogP contribution in [0.3, 0.4) is 0 Å². The van der Waals surface area contributed by atoms with Gasteiger partial charge in [-0.05, 0) is 13.0 Å². The molecule has 18 heavy (non-hydrogen) atoms.